The van der Waals surface area contributed by atoms with Crippen LogP contribution in [0.4, 0.5) is 32.0 Å². The standard InChI is InChI=1S/C12H9F6NOS/c1-10(20,12(16,17)18)9-7(19)5-3-2-4-6(8(5)21-9)11(13,14)15/h2-4,20H,19H2,1H3. The summed E-state index contributed by atoms with van der Waals surface area (Å²) in [7, 11) is 0. The van der Waals surface area contributed by atoms with Crippen molar-refractivity contribution in [1.82, 2.24) is 0 Å². The van der Waals surface area contributed by atoms with Crippen LogP contribution in [0.3, 0.4) is 0 Å². The highest BCUT2D eigenvalue weighted by molar-refractivity contribution is 7.20. The van der Waals surface area contributed by atoms with E-state index in [1.807, 2.05) is 0 Å². The number of fused-ring (bicyclic) bond motifs is 1. The van der Waals surface area contributed by atoms with Crippen LogP contribution < -0.4 is 5.73 Å². The largest absolute Gasteiger partial charge is 0.422 e. The average molecular weight is 329 g/mol. The number of thiophene rings is 1. The van der Waals surface area contributed by atoms with Gasteiger partial charge in [0.05, 0.1) is 16.1 Å². The van der Waals surface area contributed by atoms with E-state index in [4.69, 9.17) is 5.73 Å². The number of hydrogen-bond acceptors (Lipinski definition) is 3. The van der Waals surface area contributed by atoms with Crippen LogP contribution in [0.15, 0.2) is 18.2 Å². The molecule has 0 aliphatic heterocycles. The van der Waals surface area contributed by atoms with Gasteiger partial charge in [0, 0.05) is 10.1 Å². The fraction of sp³-hybridized carbons (Fsp3) is 0.333. The molecule has 9 heteroatoms. The molecule has 116 valence electrons. The van der Waals surface area contributed by atoms with Crippen molar-refractivity contribution in [1.29, 1.82) is 0 Å². The Morgan fingerprint density at radius 1 is 1.10 bits per heavy atom. The number of benzene rings is 1. The smallest absolute Gasteiger partial charge is 0.397 e. The Morgan fingerprint density at radius 3 is 2.14 bits per heavy atom. The van der Waals surface area contributed by atoms with Crippen LogP contribution in [0.2, 0.25) is 0 Å². The fourth-order valence-corrected chi connectivity index (χ4v) is 3.17. The lowest BCUT2D eigenvalue weighted by molar-refractivity contribution is -0.257. The molecule has 3 N–H and O–H groups in total. The zero-order chi connectivity index (χ0) is 16.2. The molecule has 2 rings (SSSR count). The SMILES string of the molecule is CC(O)(c1sc2c(C(F)(F)F)cccc2c1N)C(F)(F)F. The lowest BCUT2D eigenvalue weighted by Crippen LogP contribution is -2.38. The first-order chi connectivity index (χ1) is 9.37. The monoisotopic (exact) mass is 329 g/mol. The van der Waals surface area contributed by atoms with Gasteiger partial charge in [-0.1, -0.05) is 12.1 Å². The van der Waals surface area contributed by atoms with Crippen LogP contribution in [0.1, 0.15) is 17.4 Å². The van der Waals surface area contributed by atoms with Gasteiger partial charge in [-0.3, -0.25) is 0 Å². The summed E-state index contributed by atoms with van der Waals surface area (Å²) in [5, 5.41) is 9.46. The lowest BCUT2D eigenvalue weighted by atomic mass is 10.0. The summed E-state index contributed by atoms with van der Waals surface area (Å²) in [6.07, 6.45) is -9.78. The van der Waals surface area contributed by atoms with Crippen LogP contribution in [-0.4, -0.2) is 11.3 Å². The van der Waals surface area contributed by atoms with Crippen molar-refractivity contribution in [2.45, 2.75) is 24.9 Å². The van der Waals surface area contributed by atoms with Crippen molar-refractivity contribution in [3.05, 3.63) is 28.6 Å². The maximum atomic E-state index is 12.9. The van der Waals surface area contributed by atoms with Crippen LogP contribution in [-0.2, 0) is 11.8 Å². The Balaban J connectivity index is 2.79. The van der Waals surface area contributed by atoms with Gasteiger partial charge in [0.1, 0.15) is 0 Å². The average Bonchev–Trinajstić information content (AvgIpc) is 2.65. The number of aliphatic hydroxyl groups is 1. The minimum absolute atomic E-state index is 0.158. The Kier molecular flexibility index (Phi) is 3.41. The van der Waals surface area contributed by atoms with Gasteiger partial charge in [0.2, 0.25) is 0 Å². The molecule has 0 aliphatic rings. The van der Waals surface area contributed by atoms with Gasteiger partial charge >= 0.3 is 12.4 Å². The second-order valence-electron chi connectivity index (χ2n) is 4.59. The van der Waals surface area contributed by atoms with E-state index < -0.39 is 38.8 Å². The quantitative estimate of drug-likeness (QED) is 0.768. The van der Waals surface area contributed by atoms with Crippen molar-refractivity contribution >= 4 is 27.1 Å². The summed E-state index contributed by atoms with van der Waals surface area (Å²) in [6, 6.07) is 3.00. The third-order valence-electron chi connectivity index (χ3n) is 3.05. The molecule has 0 radical (unpaired) electrons. The Bertz CT molecular complexity index is 685. The normalized spacial score (nSPS) is 16.2. The van der Waals surface area contributed by atoms with Crippen molar-refractivity contribution in [2.24, 2.45) is 0 Å². The third kappa shape index (κ3) is 2.44. The molecule has 1 atom stereocenters. The zero-order valence-corrected chi connectivity index (χ0v) is 11.2. The van der Waals surface area contributed by atoms with Crippen LogP contribution in [0, 0.1) is 0 Å². The Hall–Kier alpha value is -1.48. The molecule has 0 saturated heterocycles. The summed E-state index contributed by atoms with van der Waals surface area (Å²) in [5.41, 5.74) is 0.622. The number of hydrogen-bond donors (Lipinski definition) is 2. The second kappa shape index (κ2) is 4.51. The summed E-state index contributed by atoms with van der Waals surface area (Å²) >= 11 is 0.196. The lowest BCUT2D eigenvalue weighted by Gasteiger charge is -2.25. The molecular formula is C12H9F6NOS. The molecule has 0 saturated carbocycles. The minimum atomic E-state index is -5.06. The molecule has 1 heterocycles. The van der Waals surface area contributed by atoms with E-state index in [2.05, 4.69) is 0 Å². The summed E-state index contributed by atoms with van der Waals surface area (Å²) in [4.78, 5) is -0.748. The van der Waals surface area contributed by atoms with Crippen molar-refractivity contribution < 1.29 is 31.4 Å². The molecule has 2 nitrogen and oxygen atoms in total. The highest BCUT2D eigenvalue weighted by atomic mass is 32.1. The van der Waals surface area contributed by atoms with Gasteiger partial charge in [0.15, 0.2) is 5.60 Å². The van der Waals surface area contributed by atoms with E-state index in [1.54, 1.807) is 0 Å². The van der Waals surface area contributed by atoms with Gasteiger partial charge < -0.3 is 10.8 Å². The number of halogens is 6. The highest BCUT2D eigenvalue weighted by Crippen LogP contribution is 2.49. The Labute approximate surface area is 118 Å². The van der Waals surface area contributed by atoms with E-state index in [-0.39, 0.29) is 16.7 Å². The molecule has 21 heavy (non-hydrogen) atoms. The molecule has 1 unspecified atom stereocenters. The topological polar surface area (TPSA) is 46.2 Å². The molecule has 1 aromatic carbocycles. The molecule has 1 aromatic heterocycles. The van der Waals surface area contributed by atoms with E-state index in [9.17, 15) is 31.4 Å². The minimum Gasteiger partial charge on any atom is -0.397 e. The van der Waals surface area contributed by atoms with Crippen LogP contribution in [0.25, 0.3) is 10.1 Å². The second-order valence-corrected chi connectivity index (χ2v) is 5.62. The summed E-state index contributed by atoms with van der Waals surface area (Å²) in [6.45, 7) is 0.460. The summed E-state index contributed by atoms with van der Waals surface area (Å²) in [5.74, 6) is 0. The number of nitrogen functional groups attached to an aromatic ring is 1. The van der Waals surface area contributed by atoms with Crippen molar-refractivity contribution in [3.8, 4) is 0 Å². The molecule has 0 amide bonds. The molecule has 2 aromatic rings. The van der Waals surface area contributed by atoms with Crippen molar-refractivity contribution in [3.63, 3.8) is 0 Å². The fourth-order valence-electron chi connectivity index (χ4n) is 1.85. The van der Waals surface area contributed by atoms with Gasteiger partial charge in [-0.2, -0.15) is 26.3 Å². The van der Waals surface area contributed by atoms with Gasteiger partial charge in [-0.05, 0) is 13.0 Å². The van der Waals surface area contributed by atoms with Crippen LogP contribution >= 0.6 is 11.3 Å². The summed E-state index contributed by atoms with van der Waals surface area (Å²) < 4.78 is 76.7. The number of alkyl halides is 6. The maximum absolute atomic E-state index is 12.9. The Morgan fingerprint density at radius 2 is 1.67 bits per heavy atom. The first-order valence-corrected chi connectivity index (χ1v) is 6.36. The first kappa shape index (κ1) is 15.9. The van der Waals surface area contributed by atoms with Gasteiger partial charge in [-0.15, -0.1) is 11.3 Å². The van der Waals surface area contributed by atoms with Crippen molar-refractivity contribution in [2.75, 3.05) is 5.73 Å². The molecule has 0 aliphatic carbocycles. The zero-order valence-electron chi connectivity index (χ0n) is 10.4. The maximum Gasteiger partial charge on any atom is 0.422 e. The number of anilines is 1. The molecule has 0 fully saturated rings. The predicted octanol–water partition coefficient (Wildman–Crippen LogP) is 4.27. The first-order valence-electron chi connectivity index (χ1n) is 5.55. The highest BCUT2D eigenvalue weighted by Gasteiger charge is 2.53. The predicted molar refractivity (Wildman–Crippen MR) is 66.9 cm³/mol. The van der Waals surface area contributed by atoms with Gasteiger partial charge in [-0.25, -0.2) is 0 Å². The molecule has 0 spiro atoms. The van der Waals surface area contributed by atoms with E-state index in [0.717, 1.165) is 12.1 Å². The number of nitrogens with two attached hydrogens (primary N) is 1. The molecular weight excluding hydrogens is 320 g/mol. The third-order valence-corrected chi connectivity index (χ3v) is 4.52. The van der Waals surface area contributed by atoms with E-state index in [1.165, 1.54) is 6.07 Å². The van der Waals surface area contributed by atoms with Crippen LogP contribution in [0.5, 0.6) is 0 Å². The van der Waals surface area contributed by atoms with E-state index in [0.29, 0.717) is 6.92 Å². The number of rotatable bonds is 1. The van der Waals surface area contributed by atoms with Gasteiger partial charge in [0.25, 0.3) is 0 Å². The van der Waals surface area contributed by atoms with E-state index >= 15 is 0 Å². The molecule has 0 bridgehead atoms.